The second kappa shape index (κ2) is 6.02. The van der Waals surface area contributed by atoms with Crippen LogP contribution in [0.2, 0.25) is 5.02 Å². The van der Waals surface area contributed by atoms with Gasteiger partial charge in [-0.1, -0.05) is 11.6 Å². The smallest absolute Gasteiger partial charge is 0.0860 e. The second-order valence-corrected chi connectivity index (χ2v) is 4.92. The molecule has 2 rings (SSSR count). The van der Waals surface area contributed by atoms with E-state index in [1.807, 2.05) is 11.6 Å². The molecule has 1 aliphatic heterocycles. The minimum absolute atomic E-state index is 0.0512. The van der Waals surface area contributed by atoms with Gasteiger partial charge in [0.1, 0.15) is 0 Å². The monoisotopic (exact) mass is 273 g/mol. The quantitative estimate of drug-likeness (QED) is 0.891. The second-order valence-electron chi connectivity index (χ2n) is 4.54. The molecule has 1 unspecified atom stereocenters. The Labute approximate surface area is 112 Å². The summed E-state index contributed by atoms with van der Waals surface area (Å²) in [6, 6.07) is 0.0512. The first-order chi connectivity index (χ1) is 8.67. The summed E-state index contributed by atoms with van der Waals surface area (Å²) in [4.78, 5) is 2.21. The molecule has 18 heavy (non-hydrogen) atoms. The number of halogens is 1. The van der Waals surface area contributed by atoms with Gasteiger partial charge in [-0.25, -0.2) is 0 Å². The highest BCUT2D eigenvalue weighted by Gasteiger charge is 2.25. The van der Waals surface area contributed by atoms with Crippen molar-refractivity contribution in [2.75, 3.05) is 26.4 Å². The van der Waals surface area contributed by atoms with E-state index in [9.17, 15) is 5.11 Å². The SMILES string of the molecule is CCn1nc(C)c(Cl)c1CN1CCOCC1CO. The Morgan fingerprint density at radius 3 is 3.00 bits per heavy atom. The summed E-state index contributed by atoms with van der Waals surface area (Å²) in [5.41, 5.74) is 1.89. The highest BCUT2D eigenvalue weighted by Crippen LogP contribution is 2.23. The molecule has 1 saturated heterocycles. The molecular formula is C12H20ClN3O2. The van der Waals surface area contributed by atoms with Crippen molar-refractivity contribution in [2.24, 2.45) is 0 Å². The lowest BCUT2D eigenvalue weighted by Gasteiger charge is -2.34. The van der Waals surface area contributed by atoms with Crippen molar-refractivity contribution in [1.29, 1.82) is 0 Å². The Hall–Kier alpha value is -0.620. The zero-order valence-corrected chi connectivity index (χ0v) is 11.7. The number of aliphatic hydroxyl groups is 1. The van der Waals surface area contributed by atoms with Gasteiger partial charge in [-0.2, -0.15) is 5.10 Å². The highest BCUT2D eigenvalue weighted by molar-refractivity contribution is 6.31. The number of aliphatic hydroxyl groups excluding tert-OH is 1. The first kappa shape index (κ1) is 13.8. The van der Waals surface area contributed by atoms with Crippen molar-refractivity contribution in [1.82, 2.24) is 14.7 Å². The van der Waals surface area contributed by atoms with Crippen LogP contribution in [0.15, 0.2) is 0 Å². The molecule has 5 nitrogen and oxygen atoms in total. The van der Waals surface area contributed by atoms with E-state index in [0.29, 0.717) is 19.8 Å². The average Bonchev–Trinajstić information content (AvgIpc) is 2.67. The van der Waals surface area contributed by atoms with Crippen LogP contribution in [0.5, 0.6) is 0 Å². The number of rotatable bonds is 4. The van der Waals surface area contributed by atoms with Gasteiger partial charge < -0.3 is 9.84 Å². The zero-order chi connectivity index (χ0) is 13.1. The predicted octanol–water partition coefficient (Wildman–Crippen LogP) is 1.06. The fourth-order valence-corrected chi connectivity index (χ4v) is 2.47. The van der Waals surface area contributed by atoms with Gasteiger partial charge in [-0.15, -0.1) is 0 Å². The molecule has 1 aromatic heterocycles. The number of aromatic nitrogens is 2. The lowest BCUT2D eigenvalue weighted by Crippen LogP contribution is -2.47. The van der Waals surface area contributed by atoms with Crippen LogP contribution >= 0.6 is 11.6 Å². The first-order valence-electron chi connectivity index (χ1n) is 6.31. The maximum absolute atomic E-state index is 9.36. The summed E-state index contributed by atoms with van der Waals surface area (Å²) in [6.07, 6.45) is 0. The number of aryl methyl sites for hydroxylation is 2. The van der Waals surface area contributed by atoms with Gasteiger partial charge in [0.2, 0.25) is 0 Å². The van der Waals surface area contributed by atoms with E-state index in [0.717, 1.165) is 29.5 Å². The van der Waals surface area contributed by atoms with E-state index >= 15 is 0 Å². The third-order valence-electron chi connectivity index (χ3n) is 3.37. The van der Waals surface area contributed by atoms with E-state index < -0.39 is 0 Å². The van der Waals surface area contributed by atoms with E-state index in [2.05, 4.69) is 16.9 Å². The summed E-state index contributed by atoms with van der Waals surface area (Å²) in [7, 11) is 0. The van der Waals surface area contributed by atoms with Gasteiger partial charge in [0.15, 0.2) is 0 Å². The normalized spacial score (nSPS) is 21.4. The molecule has 1 aliphatic rings. The zero-order valence-electron chi connectivity index (χ0n) is 10.9. The molecule has 1 fully saturated rings. The van der Waals surface area contributed by atoms with Gasteiger partial charge in [0, 0.05) is 19.6 Å². The number of ether oxygens (including phenoxy) is 1. The summed E-state index contributed by atoms with van der Waals surface area (Å²) >= 11 is 6.30. The molecule has 0 bridgehead atoms. The van der Waals surface area contributed by atoms with Crippen molar-refractivity contribution in [3.63, 3.8) is 0 Å². The van der Waals surface area contributed by atoms with Crippen LogP contribution in [0.25, 0.3) is 0 Å². The Morgan fingerprint density at radius 2 is 2.33 bits per heavy atom. The minimum atomic E-state index is 0.0512. The standard InChI is InChI=1S/C12H20ClN3O2/c1-3-16-11(12(13)9(2)14-16)6-15-4-5-18-8-10(15)7-17/h10,17H,3-8H2,1-2H3. The summed E-state index contributed by atoms with van der Waals surface area (Å²) in [5, 5.41) is 14.5. The maximum Gasteiger partial charge on any atom is 0.0860 e. The number of hydrogen-bond acceptors (Lipinski definition) is 4. The van der Waals surface area contributed by atoms with E-state index in [1.54, 1.807) is 0 Å². The van der Waals surface area contributed by atoms with Crippen molar-refractivity contribution in [3.05, 3.63) is 16.4 Å². The fraction of sp³-hybridized carbons (Fsp3) is 0.750. The summed E-state index contributed by atoms with van der Waals surface area (Å²) in [6.45, 7) is 7.68. The molecule has 0 aliphatic carbocycles. The van der Waals surface area contributed by atoms with Crippen LogP contribution in [0.1, 0.15) is 18.3 Å². The third-order valence-corrected chi connectivity index (χ3v) is 3.86. The topological polar surface area (TPSA) is 50.5 Å². The summed E-state index contributed by atoms with van der Waals surface area (Å²) in [5.74, 6) is 0. The van der Waals surface area contributed by atoms with Crippen molar-refractivity contribution < 1.29 is 9.84 Å². The highest BCUT2D eigenvalue weighted by atomic mass is 35.5. The Kier molecular flexibility index (Phi) is 4.61. The number of morpholine rings is 1. The molecule has 0 aromatic carbocycles. The molecule has 0 spiro atoms. The lowest BCUT2D eigenvalue weighted by atomic mass is 10.2. The van der Waals surface area contributed by atoms with E-state index in [1.165, 1.54) is 0 Å². The molecule has 2 heterocycles. The third kappa shape index (κ3) is 2.69. The Bertz CT molecular complexity index is 408. The van der Waals surface area contributed by atoms with E-state index in [-0.39, 0.29) is 12.6 Å². The van der Waals surface area contributed by atoms with Crippen LogP contribution in [0, 0.1) is 6.92 Å². The van der Waals surface area contributed by atoms with Crippen LogP contribution in [-0.2, 0) is 17.8 Å². The number of hydrogen-bond donors (Lipinski definition) is 1. The van der Waals surface area contributed by atoms with Gasteiger partial charge in [-0.05, 0) is 13.8 Å². The van der Waals surface area contributed by atoms with Crippen LogP contribution in [-0.4, -0.2) is 52.2 Å². The van der Waals surface area contributed by atoms with Crippen molar-refractivity contribution in [2.45, 2.75) is 33.0 Å². The predicted molar refractivity (Wildman–Crippen MR) is 69.8 cm³/mol. The molecule has 0 amide bonds. The summed E-state index contributed by atoms with van der Waals surface area (Å²) < 4.78 is 7.31. The Balaban J connectivity index is 2.17. The van der Waals surface area contributed by atoms with Gasteiger partial charge in [0.05, 0.1) is 42.3 Å². The molecular weight excluding hydrogens is 254 g/mol. The molecule has 0 radical (unpaired) electrons. The molecule has 102 valence electrons. The van der Waals surface area contributed by atoms with E-state index in [4.69, 9.17) is 16.3 Å². The van der Waals surface area contributed by atoms with Crippen LogP contribution in [0.3, 0.4) is 0 Å². The van der Waals surface area contributed by atoms with Crippen molar-refractivity contribution in [3.8, 4) is 0 Å². The average molecular weight is 274 g/mol. The van der Waals surface area contributed by atoms with Gasteiger partial charge in [0.25, 0.3) is 0 Å². The molecule has 6 heteroatoms. The Morgan fingerprint density at radius 1 is 1.56 bits per heavy atom. The van der Waals surface area contributed by atoms with Crippen LogP contribution in [0.4, 0.5) is 0 Å². The first-order valence-corrected chi connectivity index (χ1v) is 6.69. The van der Waals surface area contributed by atoms with Crippen molar-refractivity contribution >= 4 is 11.6 Å². The molecule has 1 N–H and O–H groups in total. The van der Waals surface area contributed by atoms with Gasteiger partial charge >= 0.3 is 0 Å². The van der Waals surface area contributed by atoms with Gasteiger partial charge in [-0.3, -0.25) is 9.58 Å². The molecule has 1 aromatic rings. The largest absolute Gasteiger partial charge is 0.395 e. The van der Waals surface area contributed by atoms with Crippen LogP contribution < -0.4 is 0 Å². The fourth-order valence-electron chi connectivity index (χ4n) is 2.28. The molecule has 0 saturated carbocycles. The molecule has 1 atom stereocenters. The number of nitrogens with zero attached hydrogens (tertiary/aromatic N) is 3. The minimum Gasteiger partial charge on any atom is -0.395 e. The lowest BCUT2D eigenvalue weighted by molar-refractivity contribution is -0.0322. The maximum atomic E-state index is 9.36.